The Kier molecular flexibility index (Phi) is 7.30. The molecule has 0 radical (unpaired) electrons. The van der Waals surface area contributed by atoms with Gasteiger partial charge in [-0.2, -0.15) is 0 Å². The van der Waals surface area contributed by atoms with E-state index in [1.165, 1.54) is 0 Å². The van der Waals surface area contributed by atoms with E-state index < -0.39 is 10.0 Å². The fourth-order valence-corrected chi connectivity index (χ4v) is 4.04. The first-order valence-electron chi connectivity index (χ1n) is 9.55. The fraction of sp³-hybridized carbons (Fsp3) is 0.409. The molecule has 2 rings (SSSR count). The Hall–Kier alpha value is -2.54. The van der Waals surface area contributed by atoms with Crippen molar-refractivity contribution in [2.24, 2.45) is 0 Å². The summed E-state index contributed by atoms with van der Waals surface area (Å²) in [6.07, 6.45) is 1.79. The Morgan fingerprint density at radius 3 is 2.28 bits per heavy atom. The van der Waals surface area contributed by atoms with Gasteiger partial charge < -0.3 is 10.1 Å². The quantitative estimate of drug-likeness (QED) is 0.710. The number of ether oxygens (including phenoxy) is 1. The van der Waals surface area contributed by atoms with Crippen molar-refractivity contribution in [2.45, 2.75) is 40.2 Å². The highest BCUT2D eigenvalue weighted by atomic mass is 32.2. The van der Waals surface area contributed by atoms with E-state index in [-0.39, 0.29) is 18.5 Å². The van der Waals surface area contributed by atoms with E-state index in [1.54, 1.807) is 19.2 Å². The van der Waals surface area contributed by atoms with Crippen LogP contribution in [0.1, 0.15) is 41.6 Å². The minimum Gasteiger partial charge on any atom is -0.496 e. The van der Waals surface area contributed by atoms with Crippen molar-refractivity contribution in [1.29, 1.82) is 0 Å². The largest absolute Gasteiger partial charge is 0.496 e. The van der Waals surface area contributed by atoms with E-state index in [9.17, 15) is 13.2 Å². The van der Waals surface area contributed by atoms with Gasteiger partial charge in [-0.25, -0.2) is 8.42 Å². The zero-order valence-electron chi connectivity index (χ0n) is 17.9. The van der Waals surface area contributed by atoms with Gasteiger partial charge in [-0.15, -0.1) is 0 Å². The lowest BCUT2D eigenvalue weighted by Gasteiger charge is -2.25. The molecule has 0 aliphatic rings. The molecular formula is C22H30N2O4S. The van der Waals surface area contributed by atoms with Gasteiger partial charge in [-0.05, 0) is 67.6 Å². The van der Waals surface area contributed by atoms with Gasteiger partial charge in [0.15, 0.2) is 0 Å². The van der Waals surface area contributed by atoms with E-state index in [0.29, 0.717) is 12.1 Å². The van der Waals surface area contributed by atoms with Crippen LogP contribution >= 0.6 is 0 Å². The Balaban J connectivity index is 2.22. The van der Waals surface area contributed by atoms with Gasteiger partial charge in [0, 0.05) is 0 Å². The third-order valence-corrected chi connectivity index (χ3v) is 6.17. The number of benzene rings is 2. The van der Waals surface area contributed by atoms with Gasteiger partial charge >= 0.3 is 0 Å². The Bertz CT molecular complexity index is 986. The summed E-state index contributed by atoms with van der Waals surface area (Å²) in [5.74, 6) is 0.432. The number of sulfonamides is 1. The van der Waals surface area contributed by atoms with Crippen LogP contribution in [0.5, 0.6) is 5.75 Å². The molecule has 1 atom stereocenters. The Morgan fingerprint density at radius 2 is 1.76 bits per heavy atom. The molecule has 7 heteroatoms. The highest BCUT2D eigenvalue weighted by Gasteiger charge is 2.23. The maximum atomic E-state index is 12.7. The minimum atomic E-state index is -3.61. The number of hydrogen-bond acceptors (Lipinski definition) is 4. The number of rotatable bonds is 8. The fourth-order valence-electron chi connectivity index (χ4n) is 3.19. The molecule has 0 spiro atoms. The molecule has 158 valence electrons. The van der Waals surface area contributed by atoms with Gasteiger partial charge in [0.1, 0.15) is 12.3 Å². The highest BCUT2D eigenvalue weighted by Crippen LogP contribution is 2.25. The number of nitrogens with one attached hydrogen (secondary N) is 1. The van der Waals surface area contributed by atoms with E-state index >= 15 is 0 Å². The first-order chi connectivity index (χ1) is 13.6. The highest BCUT2D eigenvalue weighted by molar-refractivity contribution is 7.92. The summed E-state index contributed by atoms with van der Waals surface area (Å²) in [6.45, 7) is 7.52. The van der Waals surface area contributed by atoms with Crippen LogP contribution in [0.4, 0.5) is 5.69 Å². The standard InChI is InChI=1S/C22H30N2O4S/c1-7-20(18-9-11-21(28-5)17(4)12-18)23-22(25)14-24(29(6,26)27)19-10-8-15(2)16(3)13-19/h8-13,20H,7,14H2,1-6H3,(H,23,25)/t20-/m1/s1. The summed E-state index contributed by atoms with van der Waals surface area (Å²) in [7, 11) is -1.99. The second kappa shape index (κ2) is 9.31. The monoisotopic (exact) mass is 418 g/mol. The van der Waals surface area contributed by atoms with Crippen LogP contribution in [0.15, 0.2) is 36.4 Å². The lowest BCUT2D eigenvalue weighted by atomic mass is 10.0. The summed E-state index contributed by atoms with van der Waals surface area (Å²) in [5.41, 5.74) is 4.45. The van der Waals surface area contributed by atoms with Crippen molar-refractivity contribution in [2.75, 3.05) is 24.2 Å². The van der Waals surface area contributed by atoms with Crippen LogP contribution in [0.2, 0.25) is 0 Å². The average Bonchev–Trinajstić information content (AvgIpc) is 2.65. The zero-order valence-corrected chi connectivity index (χ0v) is 18.8. The second-order valence-electron chi connectivity index (χ2n) is 7.30. The van der Waals surface area contributed by atoms with Crippen LogP contribution in [0.3, 0.4) is 0 Å². The lowest BCUT2D eigenvalue weighted by Crippen LogP contribution is -2.41. The number of nitrogens with zero attached hydrogens (tertiary/aromatic N) is 1. The van der Waals surface area contributed by atoms with E-state index in [2.05, 4.69) is 5.32 Å². The lowest BCUT2D eigenvalue weighted by molar-refractivity contribution is -0.120. The molecule has 0 fully saturated rings. The SMILES string of the molecule is CC[C@@H](NC(=O)CN(c1ccc(C)c(C)c1)S(C)(=O)=O)c1ccc(OC)c(C)c1. The van der Waals surface area contributed by atoms with E-state index in [0.717, 1.165) is 38.6 Å². The molecule has 1 N–H and O–H groups in total. The normalized spacial score (nSPS) is 12.3. The van der Waals surface area contributed by atoms with Crippen LogP contribution in [0, 0.1) is 20.8 Å². The predicted molar refractivity (Wildman–Crippen MR) is 117 cm³/mol. The number of amides is 1. The van der Waals surface area contributed by atoms with Crippen LogP contribution < -0.4 is 14.4 Å². The predicted octanol–water partition coefficient (Wildman–Crippen LogP) is 3.65. The molecule has 0 aliphatic carbocycles. The molecule has 0 saturated heterocycles. The Labute approximate surface area is 173 Å². The molecular weight excluding hydrogens is 388 g/mol. The van der Waals surface area contributed by atoms with Gasteiger partial charge in [-0.1, -0.05) is 25.1 Å². The van der Waals surface area contributed by atoms with E-state index in [1.807, 2.05) is 52.0 Å². The smallest absolute Gasteiger partial charge is 0.241 e. The number of carbonyl (C=O) groups excluding carboxylic acids is 1. The number of hydrogen-bond donors (Lipinski definition) is 1. The van der Waals surface area contributed by atoms with Gasteiger partial charge in [0.2, 0.25) is 15.9 Å². The molecule has 2 aromatic carbocycles. The molecule has 0 aliphatic heterocycles. The van der Waals surface area contributed by atoms with Gasteiger partial charge in [-0.3, -0.25) is 9.10 Å². The first kappa shape index (κ1) is 22.7. The van der Waals surface area contributed by atoms with Crippen molar-refractivity contribution in [1.82, 2.24) is 5.32 Å². The van der Waals surface area contributed by atoms with Crippen LogP contribution in [-0.4, -0.2) is 34.2 Å². The molecule has 6 nitrogen and oxygen atoms in total. The zero-order chi connectivity index (χ0) is 21.8. The van der Waals surface area contributed by atoms with Crippen molar-refractivity contribution in [3.8, 4) is 5.75 Å². The Morgan fingerprint density at radius 1 is 1.07 bits per heavy atom. The summed E-state index contributed by atoms with van der Waals surface area (Å²) in [5, 5.41) is 2.96. The summed E-state index contributed by atoms with van der Waals surface area (Å²) in [6, 6.07) is 10.9. The molecule has 0 bridgehead atoms. The van der Waals surface area contributed by atoms with Crippen LogP contribution in [-0.2, 0) is 14.8 Å². The van der Waals surface area contributed by atoms with E-state index in [4.69, 9.17) is 4.74 Å². The summed E-state index contributed by atoms with van der Waals surface area (Å²) >= 11 is 0. The van der Waals surface area contributed by atoms with Gasteiger partial charge in [0.25, 0.3) is 0 Å². The summed E-state index contributed by atoms with van der Waals surface area (Å²) < 4.78 is 31.1. The van der Waals surface area contributed by atoms with Crippen LogP contribution in [0.25, 0.3) is 0 Å². The van der Waals surface area contributed by atoms with Gasteiger partial charge in [0.05, 0.1) is 25.1 Å². The third kappa shape index (κ3) is 5.73. The average molecular weight is 419 g/mol. The van der Waals surface area contributed by atoms with Crippen molar-refractivity contribution in [3.63, 3.8) is 0 Å². The number of carbonyl (C=O) groups is 1. The second-order valence-corrected chi connectivity index (χ2v) is 9.20. The molecule has 0 saturated carbocycles. The van der Waals surface area contributed by atoms with Crippen molar-refractivity contribution >= 4 is 21.6 Å². The molecule has 29 heavy (non-hydrogen) atoms. The van der Waals surface area contributed by atoms with Crippen molar-refractivity contribution in [3.05, 3.63) is 58.7 Å². The minimum absolute atomic E-state index is 0.215. The topological polar surface area (TPSA) is 75.7 Å². The maximum Gasteiger partial charge on any atom is 0.241 e. The molecule has 0 aromatic heterocycles. The number of methoxy groups -OCH3 is 1. The van der Waals surface area contributed by atoms with Crippen molar-refractivity contribution < 1.29 is 17.9 Å². The number of aryl methyl sites for hydroxylation is 3. The number of anilines is 1. The molecule has 0 heterocycles. The molecule has 1 amide bonds. The molecule has 2 aromatic rings. The third-order valence-electron chi connectivity index (χ3n) is 5.03. The summed E-state index contributed by atoms with van der Waals surface area (Å²) in [4.78, 5) is 12.7. The maximum absolute atomic E-state index is 12.7. The molecule has 0 unspecified atom stereocenters. The first-order valence-corrected chi connectivity index (χ1v) is 11.4.